The second kappa shape index (κ2) is 6.93. The average Bonchev–Trinajstić information content (AvgIpc) is 3.28. The summed E-state index contributed by atoms with van der Waals surface area (Å²) in [7, 11) is 0. The molecule has 1 aromatic heterocycles. The average molecular weight is 362 g/mol. The second-order valence-corrected chi connectivity index (χ2v) is 7.72. The van der Waals surface area contributed by atoms with Crippen molar-refractivity contribution in [2.24, 2.45) is 0 Å². The first-order valence-electron chi connectivity index (χ1n) is 10.1. The summed E-state index contributed by atoms with van der Waals surface area (Å²) in [5.41, 5.74) is 2.68. The van der Waals surface area contributed by atoms with Crippen LogP contribution >= 0.6 is 0 Å². The van der Waals surface area contributed by atoms with E-state index in [1.54, 1.807) is 0 Å². The highest BCUT2D eigenvalue weighted by Gasteiger charge is 2.43. The molecule has 0 amide bonds. The third-order valence-electron chi connectivity index (χ3n) is 5.90. The predicted octanol–water partition coefficient (Wildman–Crippen LogP) is 4.75. The Hall–Kier alpha value is -2.46. The van der Waals surface area contributed by atoms with Gasteiger partial charge in [0.15, 0.2) is 11.5 Å². The molecular formula is C23H26N2O2. The van der Waals surface area contributed by atoms with Gasteiger partial charge in [-0.15, -0.1) is 0 Å². The number of nitrogens with one attached hydrogen (secondary N) is 1. The highest BCUT2D eigenvalue weighted by Crippen LogP contribution is 2.43. The lowest BCUT2D eigenvalue weighted by Gasteiger charge is -2.37. The Kier molecular flexibility index (Phi) is 4.29. The summed E-state index contributed by atoms with van der Waals surface area (Å²) in [5, 5.41) is 1.37. The Bertz CT molecular complexity index is 898. The molecule has 0 aliphatic carbocycles. The molecule has 0 atom stereocenters. The fraction of sp³-hybridized carbons (Fsp3) is 0.391. The number of ether oxygens (including phenoxy) is 2. The van der Waals surface area contributed by atoms with Gasteiger partial charge in [0.1, 0.15) is 0 Å². The maximum Gasteiger partial charge on any atom is 0.254 e. The van der Waals surface area contributed by atoms with Crippen LogP contribution in [-0.2, 0) is 6.42 Å². The summed E-state index contributed by atoms with van der Waals surface area (Å²) >= 11 is 0. The van der Waals surface area contributed by atoms with Crippen molar-refractivity contribution in [3.63, 3.8) is 0 Å². The van der Waals surface area contributed by atoms with Gasteiger partial charge in [-0.3, -0.25) is 0 Å². The molecule has 2 aliphatic heterocycles. The summed E-state index contributed by atoms with van der Waals surface area (Å²) in [6, 6.07) is 16.6. The van der Waals surface area contributed by atoms with Gasteiger partial charge in [-0.1, -0.05) is 30.3 Å². The summed E-state index contributed by atoms with van der Waals surface area (Å²) in [6.07, 6.45) is 7.63. The molecule has 0 unspecified atom stereocenters. The fourth-order valence-corrected chi connectivity index (χ4v) is 4.35. The van der Waals surface area contributed by atoms with Crippen molar-refractivity contribution in [3.05, 3.63) is 60.3 Å². The van der Waals surface area contributed by atoms with Gasteiger partial charge in [-0.25, -0.2) is 0 Å². The van der Waals surface area contributed by atoms with Crippen LogP contribution in [0.5, 0.6) is 11.5 Å². The van der Waals surface area contributed by atoms with Crippen LogP contribution in [-0.4, -0.2) is 35.3 Å². The lowest BCUT2D eigenvalue weighted by Crippen LogP contribution is -2.49. The Morgan fingerprint density at radius 3 is 2.37 bits per heavy atom. The highest BCUT2D eigenvalue weighted by molar-refractivity contribution is 5.82. The number of H-pyrrole nitrogens is 1. The van der Waals surface area contributed by atoms with Crippen molar-refractivity contribution in [1.29, 1.82) is 0 Å². The van der Waals surface area contributed by atoms with E-state index in [0.717, 1.165) is 50.4 Å². The number of hydrogen-bond donors (Lipinski definition) is 1. The Labute approximate surface area is 160 Å². The van der Waals surface area contributed by atoms with Gasteiger partial charge in [0.25, 0.3) is 5.79 Å². The number of piperidine rings is 1. The number of benzene rings is 2. The molecule has 4 nitrogen and oxygen atoms in total. The third-order valence-corrected chi connectivity index (χ3v) is 5.90. The van der Waals surface area contributed by atoms with E-state index in [2.05, 4.69) is 40.3 Å². The van der Waals surface area contributed by atoms with Crippen LogP contribution in [0.3, 0.4) is 0 Å². The molecule has 1 N–H and O–H groups in total. The number of hydrogen-bond acceptors (Lipinski definition) is 3. The van der Waals surface area contributed by atoms with Gasteiger partial charge in [0, 0.05) is 43.0 Å². The minimum Gasteiger partial charge on any atom is -0.448 e. The van der Waals surface area contributed by atoms with Gasteiger partial charge >= 0.3 is 0 Å². The zero-order chi connectivity index (χ0) is 18.1. The van der Waals surface area contributed by atoms with Crippen molar-refractivity contribution >= 4 is 10.9 Å². The number of nitrogens with zero attached hydrogens (tertiary/aromatic N) is 1. The number of para-hydroxylation sites is 3. The van der Waals surface area contributed by atoms with Crippen LogP contribution < -0.4 is 9.47 Å². The Morgan fingerprint density at radius 1 is 0.889 bits per heavy atom. The van der Waals surface area contributed by atoms with Gasteiger partial charge in [0.05, 0.1) is 0 Å². The number of aromatic nitrogens is 1. The fourth-order valence-electron chi connectivity index (χ4n) is 4.35. The van der Waals surface area contributed by atoms with E-state index >= 15 is 0 Å². The van der Waals surface area contributed by atoms with E-state index in [1.807, 2.05) is 24.3 Å². The molecule has 1 fully saturated rings. The van der Waals surface area contributed by atoms with E-state index in [9.17, 15) is 0 Å². The molecule has 4 heteroatoms. The SMILES string of the molecule is c1ccc2c(c1)OC1(CCN(CCCCc3c[nH]c4ccccc34)CC1)O2. The third kappa shape index (κ3) is 3.30. The molecule has 1 spiro atoms. The van der Waals surface area contributed by atoms with Crippen molar-refractivity contribution in [2.75, 3.05) is 19.6 Å². The van der Waals surface area contributed by atoms with E-state index < -0.39 is 5.79 Å². The number of rotatable bonds is 5. The molecule has 0 bridgehead atoms. The van der Waals surface area contributed by atoms with Crippen LogP contribution in [0.4, 0.5) is 0 Å². The van der Waals surface area contributed by atoms with Gasteiger partial charge in [0.2, 0.25) is 0 Å². The predicted molar refractivity (Wildman–Crippen MR) is 107 cm³/mol. The van der Waals surface area contributed by atoms with Crippen molar-refractivity contribution in [3.8, 4) is 11.5 Å². The monoisotopic (exact) mass is 362 g/mol. The van der Waals surface area contributed by atoms with Crippen LogP contribution in [0.1, 0.15) is 31.2 Å². The van der Waals surface area contributed by atoms with Crippen LogP contribution in [0, 0.1) is 0 Å². The maximum absolute atomic E-state index is 6.15. The lowest BCUT2D eigenvalue weighted by molar-refractivity contribution is -0.118. The zero-order valence-electron chi connectivity index (χ0n) is 15.6. The summed E-state index contributed by atoms with van der Waals surface area (Å²) in [6.45, 7) is 3.24. The molecule has 1 saturated heterocycles. The van der Waals surface area contributed by atoms with Gasteiger partial charge < -0.3 is 19.4 Å². The lowest BCUT2D eigenvalue weighted by atomic mass is 10.0. The standard InChI is InChI=1S/C23H26N2O2/c1-2-9-20-19(8-1)18(17-24-20)7-5-6-14-25-15-12-23(13-16-25)26-21-10-3-4-11-22(21)27-23/h1-4,8-11,17,24H,5-7,12-16H2. The molecule has 3 aromatic rings. The summed E-state index contributed by atoms with van der Waals surface area (Å²) < 4.78 is 12.3. The Morgan fingerprint density at radius 2 is 1.59 bits per heavy atom. The smallest absolute Gasteiger partial charge is 0.254 e. The van der Waals surface area contributed by atoms with Crippen molar-refractivity contribution < 1.29 is 9.47 Å². The highest BCUT2D eigenvalue weighted by atomic mass is 16.7. The van der Waals surface area contributed by atoms with Gasteiger partial charge in [-0.05, 0) is 49.6 Å². The van der Waals surface area contributed by atoms with E-state index in [-0.39, 0.29) is 0 Å². The minimum absolute atomic E-state index is 0.426. The molecule has 2 aliphatic rings. The quantitative estimate of drug-likeness (QED) is 0.665. The number of aromatic amines is 1. The maximum atomic E-state index is 6.15. The first-order valence-corrected chi connectivity index (χ1v) is 10.1. The largest absolute Gasteiger partial charge is 0.448 e. The number of unbranched alkanes of at least 4 members (excludes halogenated alkanes) is 1. The molecule has 27 heavy (non-hydrogen) atoms. The van der Waals surface area contributed by atoms with E-state index in [1.165, 1.54) is 29.3 Å². The van der Waals surface area contributed by atoms with Crippen LogP contribution in [0.2, 0.25) is 0 Å². The van der Waals surface area contributed by atoms with Crippen molar-refractivity contribution in [2.45, 2.75) is 37.9 Å². The molecule has 0 saturated carbocycles. The van der Waals surface area contributed by atoms with Gasteiger partial charge in [-0.2, -0.15) is 0 Å². The summed E-state index contributed by atoms with van der Waals surface area (Å²) in [4.78, 5) is 5.93. The van der Waals surface area contributed by atoms with Crippen molar-refractivity contribution in [1.82, 2.24) is 9.88 Å². The first kappa shape index (κ1) is 16.7. The van der Waals surface area contributed by atoms with E-state index in [4.69, 9.17) is 9.47 Å². The first-order chi connectivity index (χ1) is 13.3. The topological polar surface area (TPSA) is 37.5 Å². The van der Waals surface area contributed by atoms with E-state index in [0.29, 0.717) is 0 Å². The molecule has 5 rings (SSSR count). The zero-order valence-corrected chi connectivity index (χ0v) is 15.6. The normalized spacial score (nSPS) is 18.4. The molecule has 2 aromatic carbocycles. The molecule has 140 valence electrons. The number of aryl methyl sites for hydroxylation is 1. The van der Waals surface area contributed by atoms with Crippen LogP contribution in [0.15, 0.2) is 54.7 Å². The second-order valence-electron chi connectivity index (χ2n) is 7.72. The molecule has 0 radical (unpaired) electrons. The summed E-state index contributed by atoms with van der Waals surface area (Å²) in [5.74, 6) is 1.36. The molecular weight excluding hydrogens is 336 g/mol. The Balaban J connectivity index is 1.08. The minimum atomic E-state index is -0.426. The number of likely N-dealkylation sites (tertiary alicyclic amines) is 1. The van der Waals surface area contributed by atoms with Crippen LogP contribution in [0.25, 0.3) is 10.9 Å². The number of fused-ring (bicyclic) bond motifs is 2. The molecule has 3 heterocycles.